The fourth-order valence-corrected chi connectivity index (χ4v) is 1.66. The molecule has 1 saturated heterocycles. The van der Waals surface area contributed by atoms with Gasteiger partial charge in [-0.15, -0.1) is 0 Å². The van der Waals surface area contributed by atoms with Crippen molar-refractivity contribution in [2.24, 2.45) is 22.6 Å². The Morgan fingerprint density at radius 2 is 2.00 bits per heavy atom. The van der Waals surface area contributed by atoms with Crippen molar-refractivity contribution in [1.29, 1.82) is 0 Å². The molecule has 1 aliphatic heterocycles. The summed E-state index contributed by atoms with van der Waals surface area (Å²) in [6, 6.07) is 0. The van der Waals surface area contributed by atoms with Crippen molar-refractivity contribution in [1.82, 2.24) is 4.90 Å². The molecule has 0 saturated carbocycles. The molecule has 0 aromatic rings. The monoisotopic (exact) mass is 197 g/mol. The van der Waals surface area contributed by atoms with Crippen LogP contribution in [-0.2, 0) is 0 Å². The molecule has 0 aromatic heterocycles. The van der Waals surface area contributed by atoms with Gasteiger partial charge in [0.2, 0.25) is 0 Å². The quantitative estimate of drug-likeness (QED) is 0.548. The number of amidine groups is 1. The summed E-state index contributed by atoms with van der Waals surface area (Å²) in [7, 11) is 2.18. The molecule has 0 bridgehead atoms. The molecule has 3 heteroatoms. The fourth-order valence-electron chi connectivity index (χ4n) is 1.66. The first kappa shape index (κ1) is 11.5. The summed E-state index contributed by atoms with van der Waals surface area (Å²) < 4.78 is 0. The second-order valence-corrected chi connectivity index (χ2v) is 4.67. The number of nitrogens with two attached hydrogens (primary N) is 1. The van der Waals surface area contributed by atoms with Crippen LogP contribution in [0.3, 0.4) is 0 Å². The molecule has 0 aliphatic carbocycles. The van der Waals surface area contributed by atoms with Gasteiger partial charge in [-0.05, 0) is 38.9 Å². The van der Waals surface area contributed by atoms with Crippen molar-refractivity contribution in [3.8, 4) is 0 Å². The van der Waals surface area contributed by atoms with Gasteiger partial charge in [-0.2, -0.15) is 0 Å². The normalized spacial score (nSPS) is 21.9. The average molecular weight is 197 g/mol. The van der Waals surface area contributed by atoms with E-state index in [0.717, 1.165) is 18.3 Å². The molecule has 1 fully saturated rings. The molecule has 14 heavy (non-hydrogen) atoms. The largest absolute Gasteiger partial charge is 0.387 e. The SMILES string of the molecule is CC(C)C(N)=NCC1CCN(C)CC1. The highest BCUT2D eigenvalue weighted by Crippen LogP contribution is 2.16. The number of nitrogens with zero attached hydrogens (tertiary/aromatic N) is 2. The predicted octanol–water partition coefficient (Wildman–Crippen LogP) is 1.34. The second-order valence-electron chi connectivity index (χ2n) is 4.67. The van der Waals surface area contributed by atoms with Gasteiger partial charge in [0.15, 0.2) is 0 Å². The molecule has 2 N–H and O–H groups in total. The minimum absolute atomic E-state index is 0.390. The number of hydrogen-bond acceptors (Lipinski definition) is 2. The lowest BCUT2D eigenvalue weighted by atomic mass is 9.97. The van der Waals surface area contributed by atoms with E-state index < -0.39 is 0 Å². The van der Waals surface area contributed by atoms with E-state index in [0.29, 0.717) is 5.92 Å². The molecule has 0 unspecified atom stereocenters. The Balaban J connectivity index is 2.28. The van der Waals surface area contributed by atoms with Crippen LogP contribution in [0.1, 0.15) is 26.7 Å². The molecule has 0 radical (unpaired) electrons. The van der Waals surface area contributed by atoms with Gasteiger partial charge < -0.3 is 10.6 Å². The van der Waals surface area contributed by atoms with E-state index in [1.54, 1.807) is 0 Å². The van der Waals surface area contributed by atoms with Crippen LogP contribution in [-0.4, -0.2) is 37.4 Å². The van der Waals surface area contributed by atoms with Gasteiger partial charge in [-0.25, -0.2) is 0 Å². The Labute approximate surface area is 87.4 Å². The molecule has 3 nitrogen and oxygen atoms in total. The van der Waals surface area contributed by atoms with Crippen LogP contribution >= 0.6 is 0 Å². The van der Waals surface area contributed by atoms with E-state index in [1.165, 1.54) is 25.9 Å². The Bertz CT molecular complexity index is 191. The number of rotatable bonds is 3. The van der Waals surface area contributed by atoms with Crippen LogP contribution in [0.2, 0.25) is 0 Å². The van der Waals surface area contributed by atoms with Crippen molar-refractivity contribution in [2.45, 2.75) is 26.7 Å². The Kier molecular flexibility index (Phi) is 4.39. The van der Waals surface area contributed by atoms with Gasteiger partial charge in [-0.1, -0.05) is 13.8 Å². The van der Waals surface area contributed by atoms with E-state index >= 15 is 0 Å². The lowest BCUT2D eigenvalue weighted by molar-refractivity contribution is 0.223. The van der Waals surface area contributed by atoms with Gasteiger partial charge in [0.1, 0.15) is 0 Å². The first-order valence-corrected chi connectivity index (χ1v) is 5.58. The average Bonchev–Trinajstić information content (AvgIpc) is 2.16. The van der Waals surface area contributed by atoms with Gasteiger partial charge in [0.25, 0.3) is 0 Å². The number of aliphatic imine (C=N–C) groups is 1. The summed E-state index contributed by atoms with van der Waals surface area (Å²) in [4.78, 5) is 6.83. The van der Waals surface area contributed by atoms with Crippen molar-refractivity contribution in [3.63, 3.8) is 0 Å². The standard InChI is InChI=1S/C11H23N3/c1-9(2)11(12)13-8-10-4-6-14(3)7-5-10/h9-10H,4-8H2,1-3H3,(H2,12,13). The van der Waals surface area contributed by atoms with Gasteiger partial charge in [0, 0.05) is 12.5 Å². The van der Waals surface area contributed by atoms with Gasteiger partial charge in [-0.3, -0.25) is 4.99 Å². The highest BCUT2D eigenvalue weighted by Gasteiger charge is 2.16. The number of piperidine rings is 1. The molecule has 0 aromatic carbocycles. The lowest BCUT2D eigenvalue weighted by Crippen LogP contribution is -2.31. The summed E-state index contributed by atoms with van der Waals surface area (Å²) in [5.74, 6) is 1.95. The molecule has 1 heterocycles. The third-order valence-corrected chi connectivity index (χ3v) is 2.96. The third-order valence-electron chi connectivity index (χ3n) is 2.96. The highest BCUT2D eigenvalue weighted by atomic mass is 15.1. The zero-order chi connectivity index (χ0) is 10.6. The molecular weight excluding hydrogens is 174 g/mol. The van der Waals surface area contributed by atoms with E-state index in [9.17, 15) is 0 Å². The first-order chi connectivity index (χ1) is 6.59. The molecular formula is C11H23N3. The Hall–Kier alpha value is -0.570. The van der Waals surface area contributed by atoms with Gasteiger partial charge in [0.05, 0.1) is 5.84 Å². The lowest BCUT2D eigenvalue weighted by Gasteiger charge is -2.27. The predicted molar refractivity (Wildman–Crippen MR) is 61.5 cm³/mol. The summed E-state index contributed by atoms with van der Waals surface area (Å²) in [5.41, 5.74) is 5.80. The highest BCUT2D eigenvalue weighted by molar-refractivity contribution is 5.82. The number of hydrogen-bond donors (Lipinski definition) is 1. The first-order valence-electron chi connectivity index (χ1n) is 5.58. The maximum atomic E-state index is 5.80. The van der Waals surface area contributed by atoms with Crippen LogP contribution in [0, 0.1) is 11.8 Å². The van der Waals surface area contributed by atoms with E-state index in [2.05, 4.69) is 30.8 Å². The van der Waals surface area contributed by atoms with E-state index in [4.69, 9.17) is 5.73 Å². The Morgan fingerprint density at radius 1 is 1.43 bits per heavy atom. The summed E-state index contributed by atoms with van der Waals surface area (Å²) >= 11 is 0. The zero-order valence-electron chi connectivity index (χ0n) is 9.66. The van der Waals surface area contributed by atoms with Gasteiger partial charge >= 0.3 is 0 Å². The maximum Gasteiger partial charge on any atom is 0.0962 e. The van der Waals surface area contributed by atoms with Crippen molar-refractivity contribution in [3.05, 3.63) is 0 Å². The summed E-state index contributed by atoms with van der Waals surface area (Å²) in [6.07, 6.45) is 2.54. The molecule has 1 rings (SSSR count). The topological polar surface area (TPSA) is 41.6 Å². The van der Waals surface area contributed by atoms with E-state index in [-0.39, 0.29) is 0 Å². The van der Waals surface area contributed by atoms with Crippen LogP contribution in [0.4, 0.5) is 0 Å². The number of likely N-dealkylation sites (tertiary alicyclic amines) is 1. The van der Waals surface area contributed by atoms with Crippen LogP contribution < -0.4 is 5.73 Å². The smallest absolute Gasteiger partial charge is 0.0962 e. The van der Waals surface area contributed by atoms with Crippen LogP contribution in [0.15, 0.2) is 4.99 Å². The van der Waals surface area contributed by atoms with Crippen molar-refractivity contribution >= 4 is 5.84 Å². The zero-order valence-corrected chi connectivity index (χ0v) is 9.66. The molecule has 0 amide bonds. The molecule has 82 valence electrons. The molecule has 0 spiro atoms. The third kappa shape index (κ3) is 3.66. The maximum absolute atomic E-state index is 5.80. The Morgan fingerprint density at radius 3 is 2.50 bits per heavy atom. The molecule has 1 aliphatic rings. The summed E-state index contributed by atoms with van der Waals surface area (Å²) in [6.45, 7) is 7.53. The summed E-state index contributed by atoms with van der Waals surface area (Å²) in [5, 5.41) is 0. The van der Waals surface area contributed by atoms with Crippen LogP contribution in [0.25, 0.3) is 0 Å². The minimum atomic E-state index is 0.390. The van der Waals surface area contributed by atoms with Crippen molar-refractivity contribution < 1.29 is 0 Å². The molecule has 0 atom stereocenters. The van der Waals surface area contributed by atoms with E-state index in [1.807, 2.05) is 0 Å². The van der Waals surface area contributed by atoms with Crippen molar-refractivity contribution in [2.75, 3.05) is 26.7 Å². The fraction of sp³-hybridized carbons (Fsp3) is 0.909. The minimum Gasteiger partial charge on any atom is -0.387 e. The second kappa shape index (κ2) is 5.35. The van der Waals surface area contributed by atoms with Crippen LogP contribution in [0.5, 0.6) is 0 Å².